The summed E-state index contributed by atoms with van der Waals surface area (Å²) in [4.78, 5) is 12.5. The second-order valence-corrected chi connectivity index (χ2v) is 7.55. The van der Waals surface area contributed by atoms with Crippen LogP contribution >= 0.6 is 35.3 Å². The van der Waals surface area contributed by atoms with E-state index in [1.807, 2.05) is 43.9 Å². The van der Waals surface area contributed by atoms with Gasteiger partial charge in [0.1, 0.15) is 0 Å². The zero-order valence-corrected chi connectivity index (χ0v) is 19.9. The van der Waals surface area contributed by atoms with Crippen LogP contribution in [0.25, 0.3) is 5.82 Å². The molecule has 6 nitrogen and oxygen atoms in total. The molecular weight excluding hydrogens is 483 g/mol. The van der Waals surface area contributed by atoms with E-state index in [0.29, 0.717) is 6.54 Å². The fraction of sp³-hybridized carbons (Fsp3) is 0.350. The molecule has 0 bridgehead atoms. The highest BCUT2D eigenvalue weighted by Crippen LogP contribution is 2.11. The summed E-state index contributed by atoms with van der Waals surface area (Å²) < 4.78 is 1.86. The van der Waals surface area contributed by atoms with Crippen LogP contribution in [0, 0.1) is 13.8 Å². The van der Waals surface area contributed by atoms with Crippen LogP contribution in [0.5, 0.6) is 0 Å². The van der Waals surface area contributed by atoms with Gasteiger partial charge in [-0.2, -0.15) is 5.10 Å². The average molecular weight is 510 g/mol. The van der Waals surface area contributed by atoms with Gasteiger partial charge in [0.2, 0.25) is 0 Å². The molecule has 3 heterocycles. The number of guanidine groups is 1. The standard InChI is InChI=1S/C20H26N6S.HI/c1-15-12-16(2)26(24-15)19-8-7-17(13-22-19)14-23-20(21-3)25(4)10-9-18-6-5-11-27-18;/h5-8,11-13H,9-10,14H2,1-4H3,(H,21,23);1H. The smallest absolute Gasteiger partial charge is 0.193 e. The van der Waals surface area contributed by atoms with Gasteiger partial charge < -0.3 is 10.2 Å². The van der Waals surface area contributed by atoms with Gasteiger partial charge in [-0.05, 0) is 49.4 Å². The lowest BCUT2D eigenvalue weighted by Gasteiger charge is -2.21. The van der Waals surface area contributed by atoms with Crippen molar-refractivity contribution in [3.63, 3.8) is 0 Å². The number of aromatic nitrogens is 3. The lowest BCUT2D eigenvalue weighted by molar-refractivity contribution is 0.486. The summed E-state index contributed by atoms with van der Waals surface area (Å²) in [6.45, 7) is 5.63. The number of halogens is 1. The van der Waals surface area contributed by atoms with Crippen molar-refractivity contribution in [2.24, 2.45) is 4.99 Å². The first-order valence-corrected chi connectivity index (χ1v) is 9.87. The number of nitrogens with one attached hydrogen (secondary N) is 1. The van der Waals surface area contributed by atoms with Gasteiger partial charge in [-0.1, -0.05) is 12.1 Å². The Bertz CT molecular complexity index is 886. The summed E-state index contributed by atoms with van der Waals surface area (Å²) in [5.41, 5.74) is 3.18. The maximum absolute atomic E-state index is 4.55. The molecule has 0 saturated heterocycles. The van der Waals surface area contributed by atoms with E-state index in [2.05, 4.69) is 55.9 Å². The molecule has 0 aromatic carbocycles. The summed E-state index contributed by atoms with van der Waals surface area (Å²) in [5, 5.41) is 10.00. The Morgan fingerprint density at radius 1 is 1.29 bits per heavy atom. The summed E-state index contributed by atoms with van der Waals surface area (Å²) in [5.74, 6) is 1.72. The van der Waals surface area contributed by atoms with Crippen LogP contribution in [-0.4, -0.2) is 46.3 Å². The maximum atomic E-state index is 4.55. The molecule has 0 atom stereocenters. The molecule has 28 heavy (non-hydrogen) atoms. The van der Waals surface area contributed by atoms with Crippen molar-refractivity contribution in [3.05, 3.63) is 63.7 Å². The molecule has 0 unspecified atom stereocenters. The first-order chi connectivity index (χ1) is 13.1. The van der Waals surface area contributed by atoms with Gasteiger partial charge in [0.25, 0.3) is 0 Å². The topological polar surface area (TPSA) is 58.3 Å². The van der Waals surface area contributed by atoms with Crippen molar-refractivity contribution in [2.75, 3.05) is 20.6 Å². The first-order valence-electron chi connectivity index (χ1n) is 8.99. The third kappa shape index (κ3) is 5.78. The molecule has 0 saturated carbocycles. The Balaban J connectivity index is 0.00000280. The van der Waals surface area contributed by atoms with Crippen molar-refractivity contribution in [2.45, 2.75) is 26.8 Å². The number of hydrogen-bond donors (Lipinski definition) is 1. The van der Waals surface area contributed by atoms with E-state index in [9.17, 15) is 0 Å². The molecule has 3 aromatic heterocycles. The van der Waals surface area contributed by atoms with Crippen molar-refractivity contribution in [1.29, 1.82) is 0 Å². The highest BCUT2D eigenvalue weighted by atomic mass is 127. The number of pyridine rings is 1. The molecule has 150 valence electrons. The largest absolute Gasteiger partial charge is 0.352 e. The molecule has 0 aliphatic rings. The number of aryl methyl sites for hydroxylation is 2. The number of rotatable bonds is 6. The van der Waals surface area contributed by atoms with E-state index in [1.165, 1.54) is 4.88 Å². The normalized spacial score (nSPS) is 11.2. The quantitative estimate of drug-likeness (QED) is 0.311. The highest BCUT2D eigenvalue weighted by molar-refractivity contribution is 14.0. The van der Waals surface area contributed by atoms with E-state index in [1.54, 1.807) is 11.3 Å². The molecule has 0 fully saturated rings. The molecule has 0 aliphatic heterocycles. The van der Waals surface area contributed by atoms with Crippen molar-refractivity contribution in [1.82, 2.24) is 25.0 Å². The van der Waals surface area contributed by atoms with Crippen molar-refractivity contribution >= 4 is 41.3 Å². The molecule has 0 radical (unpaired) electrons. The van der Waals surface area contributed by atoms with Gasteiger partial charge in [-0.3, -0.25) is 4.99 Å². The Kier molecular flexibility index (Phi) is 8.43. The summed E-state index contributed by atoms with van der Waals surface area (Å²) >= 11 is 1.79. The highest BCUT2D eigenvalue weighted by Gasteiger charge is 2.08. The molecule has 0 spiro atoms. The third-order valence-electron chi connectivity index (χ3n) is 4.33. The Morgan fingerprint density at radius 3 is 2.68 bits per heavy atom. The number of nitrogens with zero attached hydrogens (tertiary/aromatic N) is 5. The molecular formula is C20H27IN6S. The zero-order chi connectivity index (χ0) is 19.2. The summed E-state index contributed by atoms with van der Waals surface area (Å²) in [6.07, 6.45) is 2.91. The van der Waals surface area contributed by atoms with Crippen LogP contribution in [0.3, 0.4) is 0 Å². The van der Waals surface area contributed by atoms with Crippen molar-refractivity contribution < 1.29 is 0 Å². The zero-order valence-electron chi connectivity index (χ0n) is 16.7. The van der Waals surface area contributed by atoms with Crippen LogP contribution in [0.2, 0.25) is 0 Å². The van der Waals surface area contributed by atoms with E-state index in [-0.39, 0.29) is 24.0 Å². The van der Waals surface area contributed by atoms with E-state index in [4.69, 9.17) is 0 Å². The Morgan fingerprint density at radius 2 is 2.11 bits per heavy atom. The number of hydrogen-bond acceptors (Lipinski definition) is 4. The predicted octanol–water partition coefficient (Wildman–Crippen LogP) is 3.81. The number of likely N-dealkylation sites (N-methyl/N-ethyl adjacent to an activating group) is 1. The van der Waals surface area contributed by atoms with Gasteiger partial charge in [0, 0.05) is 44.0 Å². The number of thiophene rings is 1. The minimum Gasteiger partial charge on any atom is -0.352 e. The summed E-state index contributed by atoms with van der Waals surface area (Å²) in [6, 6.07) is 10.4. The average Bonchev–Trinajstić information content (AvgIpc) is 3.30. The predicted molar refractivity (Wildman–Crippen MR) is 127 cm³/mol. The van der Waals surface area contributed by atoms with Gasteiger partial charge in [-0.15, -0.1) is 35.3 Å². The maximum Gasteiger partial charge on any atom is 0.193 e. The van der Waals surface area contributed by atoms with Gasteiger partial charge >= 0.3 is 0 Å². The second kappa shape index (κ2) is 10.6. The van der Waals surface area contributed by atoms with Crippen LogP contribution in [0.15, 0.2) is 46.9 Å². The van der Waals surface area contributed by atoms with Crippen LogP contribution in [-0.2, 0) is 13.0 Å². The minimum absolute atomic E-state index is 0. The molecule has 1 N–H and O–H groups in total. The molecule has 0 amide bonds. The SMILES string of the molecule is CN=C(NCc1ccc(-n2nc(C)cc2C)nc1)N(C)CCc1cccs1.I. The van der Waals surface area contributed by atoms with Crippen LogP contribution in [0.4, 0.5) is 0 Å². The first kappa shape index (κ1) is 22.4. The molecule has 3 aromatic rings. The fourth-order valence-corrected chi connectivity index (χ4v) is 3.61. The lowest BCUT2D eigenvalue weighted by Crippen LogP contribution is -2.39. The second-order valence-electron chi connectivity index (χ2n) is 6.52. The van der Waals surface area contributed by atoms with E-state index >= 15 is 0 Å². The van der Waals surface area contributed by atoms with Crippen LogP contribution < -0.4 is 5.32 Å². The van der Waals surface area contributed by atoms with E-state index in [0.717, 1.165) is 41.7 Å². The fourth-order valence-electron chi connectivity index (χ4n) is 2.91. The summed E-state index contributed by atoms with van der Waals surface area (Å²) in [7, 11) is 3.88. The van der Waals surface area contributed by atoms with Crippen LogP contribution in [0.1, 0.15) is 21.8 Å². The van der Waals surface area contributed by atoms with Gasteiger partial charge in [0.15, 0.2) is 11.8 Å². The Labute approximate surface area is 187 Å². The molecule has 0 aliphatic carbocycles. The third-order valence-corrected chi connectivity index (χ3v) is 5.27. The van der Waals surface area contributed by atoms with Crippen molar-refractivity contribution in [3.8, 4) is 5.82 Å². The van der Waals surface area contributed by atoms with E-state index < -0.39 is 0 Å². The molecule has 3 rings (SSSR count). The lowest BCUT2D eigenvalue weighted by atomic mass is 10.3. The monoisotopic (exact) mass is 510 g/mol. The number of aliphatic imine (C=N–C) groups is 1. The Hall–Kier alpha value is -1.94. The minimum atomic E-state index is 0. The molecule has 8 heteroatoms. The van der Waals surface area contributed by atoms with Gasteiger partial charge in [0.05, 0.1) is 5.69 Å². The van der Waals surface area contributed by atoms with Gasteiger partial charge in [-0.25, -0.2) is 9.67 Å².